The molecular formula is C17H26N2O4S. The molecule has 24 heavy (non-hydrogen) atoms. The van der Waals surface area contributed by atoms with E-state index >= 15 is 0 Å². The molecule has 1 aliphatic rings. The van der Waals surface area contributed by atoms with E-state index in [9.17, 15) is 13.2 Å². The molecule has 1 heterocycles. The molecule has 1 aliphatic heterocycles. The molecule has 7 heteroatoms. The van der Waals surface area contributed by atoms with Gasteiger partial charge in [0.15, 0.2) is 0 Å². The van der Waals surface area contributed by atoms with Gasteiger partial charge in [-0.25, -0.2) is 8.42 Å². The maximum atomic E-state index is 12.6. The summed E-state index contributed by atoms with van der Waals surface area (Å²) in [6.45, 7) is 2.58. The highest BCUT2D eigenvalue weighted by Crippen LogP contribution is 2.22. The molecule has 0 radical (unpaired) electrons. The fourth-order valence-electron chi connectivity index (χ4n) is 3.02. The van der Waals surface area contributed by atoms with E-state index in [1.54, 1.807) is 7.11 Å². The quantitative estimate of drug-likeness (QED) is 0.811. The van der Waals surface area contributed by atoms with Crippen molar-refractivity contribution in [3.05, 3.63) is 29.8 Å². The van der Waals surface area contributed by atoms with E-state index < -0.39 is 16.1 Å². The van der Waals surface area contributed by atoms with E-state index in [4.69, 9.17) is 4.74 Å². The fourth-order valence-corrected chi connectivity index (χ4v) is 4.77. The average Bonchev–Trinajstić information content (AvgIpc) is 2.60. The van der Waals surface area contributed by atoms with Crippen LogP contribution in [-0.2, 0) is 21.4 Å². The molecule has 0 aliphatic carbocycles. The largest absolute Gasteiger partial charge is 0.496 e. The van der Waals surface area contributed by atoms with Gasteiger partial charge < -0.3 is 10.1 Å². The van der Waals surface area contributed by atoms with Crippen molar-refractivity contribution in [2.45, 2.75) is 45.2 Å². The lowest BCUT2D eigenvalue weighted by atomic mass is 10.0. The summed E-state index contributed by atoms with van der Waals surface area (Å²) < 4.78 is 31.5. The van der Waals surface area contributed by atoms with Crippen molar-refractivity contribution in [1.82, 2.24) is 9.62 Å². The highest BCUT2D eigenvalue weighted by molar-refractivity contribution is 7.89. The first-order valence-electron chi connectivity index (χ1n) is 8.38. The molecule has 1 amide bonds. The summed E-state index contributed by atoms with van der Waals surface area (Å²) in [6, 6.07) is 6.85. The van der Waals surface area contributed by atoms with Crippen LogP contribution in [0.4, 0.5) is 0 Å². The number of carbonyl (C=O) groups is 1. The summed E-state index contributed by atoms with van der Waals surface area (Å²) in [5.74, 6) is 0.556. The Morgan fingerprint density at radius 3 is 2.79 bits per heavy atom. The minimum atomic E-state index is -3.38. The lowest BCUT2D eigenvalue weighted by molar-refractivity contribution is -0.125. The van der Waals surface area contributed by atoms with Gasteiger partial charge in [0, 0.05) is 18.7 Å². The Morgan fingerprint density at radius 1 is 1.33 bits per heavy atom. The highest BCUT2D eigenvalue weighted by Gasteiger charge is 2.35. The minimum Gasteiger partial charge on any atom is -0.496 e. The first kappa shape index (κ1) is 18.7. The molecule has 1 aromatic carbocycles. The van der Waals surface area contributed by atoms with Crippen molar-refractivity contribution in [3.8, 4) is 5.75 Å². The fraction of sp³-hybridized carbons (Fsp3) is 0.588. The Bertz CT molecular complexity index is 660. The van der Waals surface area contributed by atoms with Crippen molar-refractivity contribution in [2.75, 3.05) is 19.4 Å². The standard InChI is InChI=1S/C17H26N2O4S/c1-3-12-24(21,22)19-11-7-6-9-15(19)17(20)18-13-14-8-4-5-10-16(14)23-2/h4-5,8,10,15H,3,6-7,9,11-13H2,1-2H3,(H,18,20)/t15-/m0/s1. The Morgan fingerprint density at radius 2 is 2.08 bits per heavy atom. The van der Waals surface area contributed by atoms with E-state index in [1.807, 2.05) is 31.2 Å². The summed E-state index contributed by atoms with van der Waals surface area (Å²) in [7, 11) is -1.79. The number of para-hydroxylation sites is 1. The van der Waals surface area contributed by atoms with Crippen LogP contribution in [0.5, 0.6) is 5.75 Å². The molecule has 134 valence electrons. The second-order valence-electron chi connectivity index (χ2n) is 5.97. The Hall–Kier alpha value is -1.60. The Labute approximate surface area is 144 Å². The molecule has 1 atom stereocenters. The van der Waals surface area contributed by atoms with Crippen LogP contribution in [0.15, 0.2) is 24.3 Å². The number of ether oxygens (including phenoxy) is 1. The molecule has 1 aromatic rings. The van der Waals surface area contributed by atoms with Crippen LogP contribution in [0.25, 0.3) is 0 Å². The van der Waals surface area contributed by atoms with Gasteiger partial charge in [-0.15, -0.1) is 0 Å². The normalized spacial score (nSPS) is 19.0. The van der Waals surface area contributed by atoms with Crippen molar-refractivity contribution >= 4 is 15.9 Å². The van der Waals surface area contributed by atoms with Gasteiger partial charge in [-0.2, -0.15) is 4.31 Å². The number of benzene rings is 1. The third kappa shape index (κ3) is 4.48. The van der Waals surface area contributed by atoms with Crippen LogP contribution in [-0.4, -0.2) is 44.1 Å². The predicted octanol–water partition coefficient (Wildman–Crippen LogP) is 1.91. The maximum absolute atomic E-state index is 12.6. The predicted molar refractivity (Wildman–Crippen MR) is 93.3 cm³/mol. The molecule has 1 N–H and O–H groups in total. The molecule has 1 fully saturated rings. The van der Waals surface area contributed by atoms with Crippen LogP contribution in [0.2, 0.25) is 0 Å². The molecule has 0 spiro atoms. The zero-order chi connectivity index (χ0) is 17.6. The van der Waals surface area contributed by atoms with Gasteiger partial charge in [-0.05, 0) is 25.3 Å². The number of nitrogens with zero attached hydrogens (tertiary/aromatic N) is 1. The molecule has 0 aromatic heterocycles. The van der Waals surface area contributed by atoms with Crippen LogP contribution in [0.1, 0.15) is 38.2 Å². The molecule has 6 nitrogen and oxygen atoms in total. The lowest BCUT2D eigenvalue weighted by Crippen LogP contribution is -2.52. The van der Waals surface area contributed by atoms with E-state index in [2.05, 4.69) is 5.32 Å². The summed E-state index contributed by atoms with van der Waals surface area (Å²) in [5, 5.41) is 2.86. The zero-order valence-electron chi connectivity index (χ0n) is 14.3. The van der Waals surface area contributed by atoms with E-state index in [0.29, 0.717) is 31.7 Å². The van der Waals surface area contributed by atoms with Crippen molar-refractivity contribution in [1.29, 1.82) is 0 Å². The molecule has 0 unspecified atom stereocenters. The second kappa shape index (κ2) is 8.48. The first-order valence-corrected chi connectivity index (χ1v) is 9.99. The van der Waals surface area contributed by atoms with E-state index in [-0.39, 0.29) is 11.7 Å². The third-order valence-electron chi connectivity index (χ3n) is 4.22. The topological polar surface area (TPSA) is 75.7 Å². The van der Waals surface area contributed by atoms with Gasteiger partial charge in [0.2, 0.25) is 15.9 Å². The number of amides is 1. The number of hydrogen-bond donors (Lipinski definition) is 1. The van der Waals surface area contributed by atoms with Gasteiger partial charge >= 0.3 is 0 Å². The lowest BCUT2D eigenvalue weighted by Gasteiger charge is -2.33. The number of rotatable bonds is 7. The van der Waals surface area contributed by atoms with Crippen LogP contribution in [0, 0.1) is 0 Å². The smallest absolute Gasteiger partial charge is 0.238 e. The number of hydrogen-bond acceptors (Lipinski definition) is 4. The molecular weight excluding hydrogens is 328 g/mol. The highest BCUT2D eigenvalue weighted by atomic mass is 32.2. The molecule has 0 saturated carbocycles. The van der Waals surface area contributed by atoms with E-state index in [0.717, 1.165) is 18.4 Å². The second-order valence-corrected chi connectivity index (χ2v) is 8.01. The monoisotopic (exact) mass is 354 g/mol. The maximum Gasteiger partial charge on any atom is 0.238 e. The van der Waals surface area contributed by atoms with Gasteiger partial charge in [0.05, 0.1) is 12.9 Å². The van der Waals surface area contributed by atoms with Crippen LogP contribution >= 0.6 is 0 Å². The summed E-state index contributed by atoms with van der Waals surface area (Å²) >= 11 is 0. The van der Waals surface area contributed by atoms with E-state index in [1.165, 1.54) is 4.31 Å². The number of carbonyl (C=O) groups excluding carboxylic acids is 1. The number of methoxy groups -OCH3 is 1. The van der Waals surface area contributed by atoms with Crippen LogP contribution < -0.4 is 10.1 Å². The average molecular weight is 354 g/mol. The minimum absolute atomic E-state index is 0.0866. The van der Waals surface area contributed by atoms with Crippen molar-refractivity contribution in [2.24, 2.45) is 0 Å². The van der Waals surface area contributed by atoms with Gasteiger partial charge in [0.1, 0.15) is 11.8 Å². The first-order chi connectivity index (χ1) is 11.5. The summed E-state index contributed by atoms with van der Waals surface area (Å²) in [6.07, 6.45) is 2.79. The number of sulfonamides is 1. The van der Waals surface area contributed by atoms with Gasteiger partial charge in [-0.1, -0.05) is 31.5 Å². The van der Waals surface area contributed by atoms with Crippen molar-refractivity contribution in [3.63, 3.8) is 0 Å². The van der Waals surface area contributed by atoms with Gasteiger partial charge in [-0.3, -0.25) is 4.79 Å². The Balaban J connectivity index is 2.06. The SMILES string of the molecule is CCCS(=O)(=O)N1CCCC[C@H]1C(=O)NCc1ccccc1OC. The number of nitrogens with one attached hydrogen (secondary N) is 1. The molecule has 1 saturated heterocycles. The third-order valence-corrected chi connectivity index (χ3v) is 6.30. The molecule has 2 rings (SSSR count). The molecule has 0 bridgehead atoms. The summed E-state index contributed by atoms with van der Waals surface area (Å²) in [4.78, 5) is 12.6. The summed E-state index contributed by atoms with van der Waals surface area (Å²) in [5.41, 5.74) is 0.868. The van der Waals surface area contributed by atoms with Gasteiger partial charge in [0.25, 0.3) is 0 Å². The van der Waals surface area contributed by atoms with Crippen molar-refractivity contribution < 1.29 is 17.9 Å². The van der Waals surface area contributed by atoms with Crippen LogP contribution in [0.3, 0.4) is 0 Å². The Kier molecular flexibility index (Phi) is 6.62. The zero-order valence-corrected chi connectivity index (χ0v) is 15.1. The number of piperidine rings is 1.